The van der Waals surface area contributed by atoms with Gasteiger partial charge in [-0.2, -0.15) is 0 Å². The first-order valence-corrected chi connectivity index (χ1v) is 12.0. The number of sulfonamides is 1. The SMILES string of the molecule is CN(C)CCCN1C(=O)C(=O)C(C(=O)c2ccc(S(=O)(=O)N(C)C)cc2)C1c1cccnc1. The second-order valence-corrected chi connectivity index (χ2v) is 10.6. The number of hydrogen-bond donors (Lipinski definition) is 0. The standard InChI is InChI=1S/C23H28N4O5S/c1-25(2)13-6-14-27-20(17-7-5-12-24-15-17)19(22(29)23(27)30)21(28)16-8-10-18(11-9-16)33(31,32)26(3)4/h5,7-12,15,19-20H,6,13-14H2,1-4H3. The molecular weight excluding hydrogens is 444 g/mol. The van der Waals surface area contributed by atoms with Gasteiger partial charge in [-0.1, -0.05) is 18.2 Å². The van der Waals surface area contributed by atoms with Crippen molar-refractivity contribution in [2.75, 3.05) is 41.3 Å². The molecule has 176 valence electrons. The average Bonchev–Trinajstić information content (AvgIpc) is 3.04. The number of pyridine rings is 1. The monoisotopic (exact) mass is 472 g/mol. The number of ketones is 2. The minimum absolute atomic E-state index is 0.0343. The van der Waals surface area contributed by atoms with E-state index in [2.05, 4.69) is 4.98 Å². The van der Waals surface area contributed by atoms with Crippen molar-refractivity contribution in [2.24, 2.45) is 5.92 Å². The largest absolute Gasteiger partial charge is 0.328 e. The van der Waals surface area contributed by atoms with E-state index in [0.29, 0.717) is 18.5 Å². The van der Waals surface area contributed by atoms with Gasteiger partial charge in [0, 0.05) is 38.6 Å². The highest BCUT2D eigenvalue weighted by Gasteiger charge is 2.51. The predicted octanol–water partition coefficient (Wildman–Crippen LogP) is 1.24. The molecule has 1 aliphatic rings. The van der Waals surface area contributed by atoms with Crippen molar-refractivity contribution < 1.29 is 22.8 Å². The molecule has 3 rings (SSSR count). The first kappa shape index (κ1) is 24.7. The zero-order valence-electron chi connectivity index (χ0n) is 19.1. The fourth-order valence-corrected chi connectivity index (χ4v) is 4.79. The molecule has 2 aromatic rings. The summed E-state index contributed by atoms with van der Waals surface area (Å²) in [7, 11) is 3.01. The van der Waals surface area contributed by atoms with Gasteiger partial charge in [-0.25, -0.2) is 12.7 Å². The van der Waals surface area contributed by atoms with E-state index in [0.717, 1.165) is 10.8 Å². The highest BCUT2D eigenvalue weighted by atomic mass is 32.2. The maximum atomic E-state index is 13.4. The van der Waals surface area contributed by atoms with Gasteiger partial charge in [-0.3, -0.25) is 19.4 Å². The molecule has 1 aromatic heterocycles. The summed E-state index contributed by atoms with van der Waals surface area (Å²) in [5, 5.41) is 0. The number of hydrogen-bond acceptors (Lipinski definition) is 7. The van der Waals surface area contributed by atoms with Crippen molar-refractivity contribution in [2.45, 2.75) is 17.4 Å². The molecule has 2 unspecified atom stereocenters. The summed E-state index contributed by atoms with van der Waals surface area (Å²) in [6.07, 6.45) is 3.78. The summed E-state index contributed by atoms with van der Waals surface area (Å²) in [5.74, 6) is -3.19. The Hall–Kier alpha value is -2.95. The molecule has 1 fully saturated rings. The summed E-state index contributed by atoms with van der Waals surface area (Å²) < 4.78 is 25.7. The minimum Gasteiger partial charge on any atom is -0.328 e. The van der Waals surface area contributed by atoms with Gasteiger partial charge < -0.3 is 9.80 Å². The summed E-state index contributed by atoms with van der Waals surface area (Å²) in [6.45, 7) is 1.05. The quantitative estimate of drug-likeness (QED) is 0.307. The topological polar surface area (TPSA) is 108 Å². The van der Waals surface area contributed by atoms with Crippen LogP contribution in [0.25, 0.3) is 0 Å². The van der Waals surface area contributed by atoms with Crippen molar-refractivity contribution in [3.63, 3.8) is 0 Å². The number of rotatable bonds is 9. The van der Waals surface area contributed by atoms with Crippen LogP contribution >= 0.6 is 0 Å². The van der Waals surface area contributed by atoms with Gasteiger partial charge in [0.15, 0.2) is 5.78 Å². The number of likely N-dealkylation sites (tertiary alicyclic amines) is 1. The third-order valence-corrected chi connectivity index (χ3v) is 7.47. The minimum atomic E-state index is -3.66. The normalized spacial score (nSPS) is 19.0. The number of carbonyl (C=O) groups excluding carboxylic acids is 3. The molecule has 0 radical (unpaired) electrons. The third kappa shape index (κ3) is 5.02. The van der Waals surface area contributed by atoms with E-state index in [1.165, 1.54) is 43.3 Å². The van der Waals surface area contributed by atoms with Crippen LogP contribution in [0.3, 0.4) is 0 Å². The molecule has 2 atom stereocenters. The lowest BCUT2D eigenvalue weighted by molar-refractivity contribution is -0.140. The van der Waals surface area contributed by atoms with Crippen molar-refractivity contribution in [3.05, 3.63) is 59.9 Å². The van der Waals surface area contributed by atoms with Crippen LogP contribution in [-0.2, 0) is 19.6 Å². The van der Waals surface area contributed by atoms with Crippen molar-refractivity contribution >= 4 is 27.5 Å². The average molecular weight is 473 g/mol. The number of benzene rings is 1. The number of amides is 1. The van der Waals surface area contributed by atoms with E-state index >= 15 is 0 Å². The highest BCUT2D eigenvalue weighted by molar-refractivity contribution is 7.89. The summed E-state index contributed by atoms with van der Waals surface area (Å²) in [5.41, 5.74) is 0.773. The molecule has 0 spiro atoms. The Kier molecular flexibility index (Phi) is 7.41. The Morgan fingerprint density at radius 1 is 1.06 bits per heavy atom. The van der Waals surface area contributed by atoms with Crippen LogP contribution in [0.15, 0.2) is 53.7 Å². The van der Waals surface area contributed by atoms with Crippen molar-refractivity contribution in [1.82, 2.24) is 19.1 Å². The number of carbonyl (C=O) groups is 3. The molecule has 9 nitrogen and oxygen atoms in total. The van der Waals surface area contributed by atoms with Gasteiger partial charge in [0.2, 0.25) is 15.8 Å². The second-order valence-electron chi connectivity index (χ2n) is 8.40. The fourth-order valence-electron chi connectivity index (χ4n) is 3.89. The molecule has 0 saturated carbocycles. The maximum Gasteiger partial charge on any atom is 0.291 e. The van der Waals surface area contributed by atoms with Crippen LogP contribution in [0.4, 0.5) is 0 Å². The zero-order chi connectivity index (χ0) is 24.3. The van der Waals surface area contributed by atoms with Crippen LogP contribution in [0.5, 0.6) is 0 Å². The Labute approximate surface area is 194 Å². The lowest BCUT2D eigenvalue weighted by atomic mass is 9.87. The number of Topliss-reactive ketones (excluding diaryl/α,β-unsaturated/α-hetero) is 2. The van der Waals surface area contributed by atoms with Gasteiger partial charge in [-0.05, 0) is 50.8 Å². The van der Waals surface area contributed by atoms with Crippen LogP contribution in [-0.4, -0.2) is 86.3 Å². The van der Waals surface area contributed by atoms with Crippen molar-refractivity contribution in [1.29, 1.82) is 0 Å². The molecule has 1 aliphatic heterocycles. The molecule has 2 heterocycles. The lowest BCUT2D eigenvalue weighted by Crippen LogP contribution is -2.33. The van der Waals surface area contributed by atoms with Gasteiger partial charge >= 0.3 is 0 Å². The van der Waals surface area contributed by atoms with Crippen LogP contribution in [0, 0.1) is 5.92 Å². The van der Waals surface area contributed by atoms with Crippen LogP contribution in [0.1, 0.15) is 28.4 Å². The summed E-state index contributed by atoms with van der Waals surface area (Å²) >= 11 is 0. The molecule has 1 aromatic carbocycles. The Balaban J connectivity index is 1.96. The number of aromatic nitrogens is 1. The van der Waals surface area contributed by atoms with E-state index in [1.54, 1.807) is 24.5 Å². The fraction of sp³-hybridized carbons (Fsp3) is 0.391. The predicted molar refractivity (Wildman–Crippen MR) is 122 cm³/mol. The maximum absolute atomic E-state index is 13.4. The van der Waals surface area contributed by atoms with E-state index in [-0.39, 0.29) is 10.5 Å². The Morgan fingerprint density at radius 3 is 2.27 bits per heavy atom. The molecular formula is C23H28N4O5S. The van der Waals surface area contributed by atoms with Gasteiger partial charge in [0.05, 0.1) is 10.9 Å². The van der Waals surface area contributed by atoms with E-state index in [1.807, 2.05) is 19.0 Å². The molecule has 1 saturated heterocycles. The van der Waals surface area contributed by atoms with Crippen LogP contribution in [0.2, 0.25) is 0 Å². The second kappa shape index (κ2) is 9.90. The molecule has 1 amide bonds. The molecule has 0 aliphatic carbocycles. The van der Waals surface area contributed by atoms with Gasteiger partial charge in [0.1, 0.15) is 5.92 Å². The first-order valence-electron chi connectivity index (χ1n) is 10.5. The van der Waals surface area contributed by atoms with E-state index in [4.69, 9.17) is 0 Å². The highest BCUT2D eigenvalue weighted by Crippen LogP contribution is 2.38. The first-order chi connectivity index (χ1) is 15.6. The molecule has 0 bridgehead atoms. The van der Waals surface area contributed by atoms with E-state index in [9.17, 15) is 22.8 Å². The zero-order valence-corrected chi connectivity index (χ0v) is 19.9. The van der Waals surface area contributed by atoms with Gasteiger partial charge in [-0.15, -0.1) is 0 Å². The molecule has 0 N–H and O–H groups in total. The molecule has 10 heteroatoms. The Bertz CT molecular complexity index is 1130. The smallest absolute Gasteiger partial charge is 0.291 e. The Morgan fingerprint density at radius 2 is 1.73 bits per heavy atom. The number of nitrogens with zero attached hydrogens (tertiary/aromatic N) is 4. The van der Waals surface area contributed by atoms with E-state index < -0.39 is 39.5 Å². The third-order valence-electron chi connectivity index (χ3n) is 5.64. The molecule has 33 heavy (non-hydrogen) atoms. The van der Waals surface area contributed by atoms with Crippen molar-refractivity contribution in [3.8, 4) is 0 Å². The van der Waals surface area contributed by atoms with Crippen LogP contribution < -0.4 is 0 Å². The summed E-state index contributed by atoms with van der Waals surface area (Å²) in [4.78, 5) is 46.9. The lowest BCUT2D eigenvalue weighted by Gasteiger charge is -2.27. The summed E-state index contributed by atoms with van der Waals surface area (Å²) in [6, 6.07) is 8.10. The van der Waals surface area contributed by atoms with Gasteiger partial charge in [0.25, 0.3) is 5.91 Å².